The Hall–Kier alpha value is -2.15. The third-order valence-electron chi connectivity index (χ3n) is 2.59. The zero-order valence-corrected chi connectivity index (χ0v) is 11.1. The van der Waals surface area contributed by atoms with Crippen LogP contribution in [0.5, 0.6) is 0 Å². The number of hydrogen-bond donors (Lipinski definition) is 1. The van der Waals surface area contributed by atoms with Crippen molar-refractivity contribution in [2.24, 2.45) is 0 Å². The molecule has 0 unspecified atom stereocenters. The van der Waals surface area contributed by atoms with E-state index in [4.69, 9.17) is 16.7 Å². The number of nitrogens with zero attached hydrogens (tertiary/aromatic N) is 2. The second-order valence-electron chi connectivity index (χ2n) is 4.16. The maximum atomic E-state index is 12.8. The molecule has 0 aliphatic carbocycles. The van der Waals surface area contributed by atoms with Gasteiger partial charge in [-0.25, -0.2) is 14.8 Å². The molecule has 1 N–H and O–H groups in total. The lowest BCUT2D eigenvalue weighted by Crippen LogP contribution is -2.17. The molecule has 1 aromatic carbocycles. The van der Waals surface area contributed by atoms with Crippen molar-refractivity contribution in [3.63, 3.8) is 0 Å². The molecule has 0 saturated heterocycles. The quantitative estimate of drug-likeness (QED) is 0.942. The Labute approximate surface area is 122 Å². The minimum Gasteiger partial charge on any atom is -0.478 e. The minimum absolute atomic E-state index is 0.0174. The lowest BCUT2D eigenvalue weighted by atomic mass is 10.1. The van der Waals surface area contributed by atoms with Crippen LogP contribution in [0.3, 0.4) is 0 Å². The maximum Gasteiger partial charge on any atom is 0.434 e. The van der Waals surface area contributed by atoms with Crippen LogP contribution in [-0.2, 0) is 12.6 Å². The van der Waals surface area contributed by atoms with E-state index in [-0.39, 0.29) is 12.2 Å². The first kappa shape index (κ1) is 15.2. The molecule has 0 amide bonds. The van der Waals surface area contributed by atoms with Gasteiger partial charge in [0.15, 0.2) is 5.69 Å². The number of carbonyl (C=O) groups is 1. The molecule has 1 heterocycles. The van der Waals surface area contributed by atoms with E-state index in [0.717, 1.165) is 0 Å². The summed E-state index contributed by atoms with van der Waals surface area (Å²) in [6.07, 6.45) is -4.18. The molecular weight excluding hydrogens is 309 g/mol. The zero-order valence-electron chi connectivity index (χ0n) is 10.4. The maximum absolute atomic E-state index is 12.8. The molecule has 110 valence electrons. The lowest BCUT2D eigenvalue weighted by Gasteiger charge is -2.10. The standard InChI is InChI=1S/C13H8ClF3N2O2/c14-8-3-1-2-7(4-8)5-10-18-6-9(12(20)21)11(19-10)13(15,16)17/h1-4,6H,5H2,(H,20,21). The predicted molar refractivity (Wildman–Crippen MR) is 68.3 cm³/mol. The van der Waals surface area contributed by atoms with Crippen LogP contribution in [0.2, 0.25) is 5.02 Å². The number of hydrogen-bond acceptors (Lipinski definition) is 3. The summed E-state index contributed by atoms with van der Waals surface area (Å²) < 4.78 is 38.5. The van der Waals surface area contributed by atoms with Crippen LogP contribution >= 0.6 is 11.6 Å². The van der Waals surface area contributed by atoms with E-state index in [2.05, 4.69) is 9.97 Å². The normalized spacial score (nSPS) is 11.4. The molecule has 0 aliphatic heterocycles. The van der Waals surface area contributed by atoms with Crippen LogP contribution in [-0.4, -0.2) is 21.0 Å². The van der Waals surface area contributed by atoms with Crippen molar-refractivity contribution >= 4 is 17.6 Å². The van der Waals surface area contributed by atoms with Gasteiger partial charge in [-0.15, -0.1) is 0 Å². The summed E-state index contributed by atoms with van der Waals surface area (Å²) in [7, 11) is 0. The van der Waals surface area contributed by atoms with Crippen molar-refractivity contribution in [2.75, 3.05) is 0 Å². The second-order valence-corrected chi connectivity index (χ2v) is 4.59. The van der Waals surface area contributed by atoms with E-state index in [1.165, 1.54) is 0 Å². The Morgan fingerprint density at radius 1 is 1.33 bits per heavy atom. The first-order valence-electron chi connectivity index (χ1n) is 5.68. The van der Waals surface area contributed by atoms with Gasteiger partial charge in [0.05, 0.1) is 0 Å². The van der Waals surface area contributed by atoms with Gasteiger partial charge in [-0.05, 0) is 17.7 Å². The Balaban J connectivity index is 2.40. The first-order valence-corrected chi connectivity index (χ1v) is 6.06. The molecule has 0 bridgehead atoms. The number of halogens is 4. The molecular formula is C13H8ClF3N2O2. The number of aromatic carboxylic acids is 1. The number of benzene rings is 1. The third-order valence-corrected chi connectivity index (χ3v) is 2.82. The van der Waals surface area contributed by atoms with Crippen molar-refractivity contribution in [3.8, 4) is 0 Å². The second kappa shape index (κ2) is 5.69. The van der Waals surface area contributed by atoms with Crippen molar-refractivity contribution in [3.05, 3.63) is 58.1 Å². The van der Waals surface area contributed by atoms with E-state index in [1.54, 1.807) is 24.3 Å². The van der Waals surface area contributed by atoms with Crippen molar-refractivity contribution in [1.29, 1.82) is 0 Å². The Kier molecular flexibility index (Phi) is 4.13. The molecule has 0 saturated carbocycles. The van der Waals surface area contributed by atoms with Gasteiger partial charge >= 0.3 is 12.1 Å². The number of carboxylic acid groups (broad SMARTS) is 1. The van der Waals surface area contributed by atoms with Crippen molar-refractivity contribution < 1.29 is 23.1 Å². The number of aromatic nitrogens is 2. The van der Waals surface area contributed by atoms with E-state index in [1.807, 2.05) is 0 Å². The molecule has 0 radical (unpaired) electrons. The van der Waals surface area contributed by atoms with Crippen LogP contribution in [0.25, 0.3) is 0 Å². The van der Waals surface area contributed by atoms with Crippen LogP contribution in [0, 0.1) is 0 Å². The zero-order chi connectivity index (χ0) is 15.6. The fourth-order valence-electron chi connectivity index (χ4n) is 1.71. The van der Waals surface area contributed by atoms with Gasteiger partial charge < -0.3 is 5.11 Å². The summed E-state index contributed by atoms with van der Waals surface area (Å²) >= 11 is 5.78. The molecule has 0 atom stereocenters. The predicted octanol–water partition coefficient (Wildman–Crippen LogP) is 3.44. The molecule has 0 spiro atoms. The van der Waals surface area contributed by atoms with Crippen molar-refractivity contribution in [1.82, 2.24) is 9.97 Å². The largest absolute Gasteiger partial charge is 0.478 e. The highest BCUT2D eigenvalue weighted by molar-refractivity contribution is 6.30. The van der Waals surface area contributed by atoms with Crippen LogP contribution < -0.4 is 0 Å². The topological polar surface area (TPSA) is 63.1 Å². The number of alkyl halides is 3. The summed E-state index contributed by atoms with van der Waals surface area (Å²) in [4.78, 5) is 17.8. The number of rotatable bonds is 3. The van der Waals surface area contributed by atoms with Gasteiger partial charge in [0, 0.05) is 17.6 Å². The van der Waals surface area contributed by atoms with E-state index < -0.39 is 23.4 Å². The fourth-order valence-corrected chi connectivity index (χ4v) is 1.92. The highest BCUT2D eigenvalue weighted by Gasteiger charge is 2.38. The Morgan fingerprint density at radius 2 is 2.05 bits per heavy atom. The van der Waals surface area contributed by atoms with Crippen molar-refractivity contribution in [2.45, 2.75) is 12.6 Å². The van der Waals surface area contributed by atoms with Crippen LogP contribution in [0.1, 0.15) is 27.4 Å². The summed E-state index contributed by atoms with van der Waals surface area (Å²) in [6.45, 7) is 0. The summed E-state index contributed by atoms with van der Waals surface area (Å²) in [5.74, 6) is -1.86. The van der Waals surface area contributed by atoms with Gasteiger partial charge in [0.2, 0.25) is 0 Å². The van der Waals surface area contributed by atoms with Crippen LogP contribution in [0.15, 0.2) is 30.5 Å². The van der Waals surface area contributed by atoms with Crippen LogP contribution in [0.4, 0.5) is 13.2 Å². The van der Waals surface area contributed by atoms with E-state index >= 15 is 0 Å². The summed E-state index contributed by atoms with van der Waals surface area (Å²) in [5.41, 5.74) is -1.81. The monoisotopic (exact) mass is 316 g/mol. The van der Waals surface area contributed by atoms with Gasteiger partial charge in [-0.1, -0.05) is 23.7 Å². The third kappa shape index (κ3) is 3.69. The van der Waals surface area contributed by atoms with Gasteiger partial charge in [0.25, 0.3) is 0 Å². The van der Waals surface area contributed by atoms with E-state index in [0.29, 0.717) is 16.8 Å². The molecule has 0 fully saturated rings. The highest BCUT2D eigenvalue weighted by atomic mass is 35.5. The lowest BCUT2D eigenvalue weighted by molar-refractivity contribution is -0.141. The Morgan fingerprint density at radius 3 is 2.62 bits per heavy atom. The summed E-state index contributed by atoms with van der Waals surface area (Å²) in [6, 6.07) is 6.51. The average Bonchev–Trinajstić information content (AvgIpc) is 2.37. The van der Waals surface area contributed by atoms with Gasteiger partial charge in [-0.3, -0.25) is 0 Å². The first-order chi connectivity index (χ1) is 9.77. The fraction of sp³-hybridized carbons (Fsp3) is 0.154. The minimum atomic E-state index is -4.86. The molecule has 0 aliphatic rings. The number of carboxylic acids is 1. The molecule has 2 aromatic rings. The smallest absolute Gasteiger partial charge is 0.434 e. The van der Waals surface area contributed by atoms with Gasteiger partial charge in [0.1, 0.15) is 11.4 Å². The molecule has 8 heteroatoms. The van der Waals surface area contributed by atoms with E-state index in [9.17, 15) is 18.0 Å². The average molecular weight is 317 g/mol. The van der Waals surface area contributed by atoms with Gasteiger partial charge in [-0.2, -0.15) is 13.2 Å². The molecule has 21 heavy (non-hydrogen) atoms. The molecule has 1 aromatic heterocycles. The molecule has 4 nitrogen and oxygen atoms in total. The Bertz CT molecular complexity index is 689. The highest BCUT2D eigenvalue weighted by Crippen LogP contribution is 2.30. The summed E-state index contributed by atoms with van der Waals surface area (Å²) in [5, 5.41) is 9.18. The SMILES string of the molecule is O=C(O)c1cnc(Cc2cccc(Cl)c2)nc1C(F)(F)F. The molecule has 2 rings (SSSR count).